The molecule has 0 bridgehead atoms. The molecular formula is C19H31IN4O2. The second-order valence-electron chi connectivity index (χ2n) is 6.79. The molecule has 1 amide bonds. The molecule has 0 saturated heterocycles. The molecule has 2 N–H and O–H groups in total. The summed E-state index contributed by atoms with van der Waals surface area (Å²) in [5.41, 5.74) is 2.23. The predicted molar refractivity (Wildman–Crippen MR) is 116 cm³/mol. The van der Waals surface area contributed by atoms with Crippen LogP contribution in [-0.4, -0.2) is 50.6 Å². The predicted octanol–water partition coefficient (Wildman–Crippen LogP) is 2.69. The zero-order chi connectivity index (χ0) is 18.2. The molecule has 26 heavy (non-hydrogen) atoms. The molecular weight excluding hydrogens is 443 g/mol. The summed E-state index contributed by atoms with van der Waals surface area (Å²) in [6.45, 7) is 2.82. The van der Waals surface area contributed by atoms with Crippen LogP contribution in [0.5, 0.6) is 5.75 Å². The molecule has 1 aliphatic carbocycles. The number of likely N-dealkylation sites (N-methyl/N-ethyl adjacent to an activating group) is 1. The van der Waals surface area contributed by atoms with Crippen molar-refractivity contribution in [3.05, 3.63) is 29.3 Å². The highest BCUT2D eigenvalue weighted by molar-refractivity contribution is 14.0. The molecule has 1 aromatic rings. The number of rotatable bonds is 6. The Morgan fingerprint density at radius 3 is 2.58 bits per heavy atom. The van der Waals surface area contributed by atoms with Crippen molar-refractivity contribution in [1.29, 1.82) is 0 Å². The largest absolute Gasteiger partial charge is 0.497 e. The number of ether oxygens (including phenoxy) is 1. The highest BCUT2D eigenvalue weighted by Gasteiger charge is 2.16. The van der Waals surface area contributed by atoms with Crippen LogP contribution in [0.15, 0.2) is 23.2 Å². The Bertz CT molecular complexity index is 614. The minimum Gasteiger partial charge on any atom is -0.497 e. The fourth-order valence-corrected chi connectivity index (χ4v) is 2.94. The number of amides is 1. The standard InChI is InChI=1S/C19H30N4O2.HI/c1-14-9-15(11-17(10-14)25-4)12-20-19(21-13-18(24)23(2)3)22-16-7-5-6-8-16;/h9-11,16H,5-8,12-13H2,1-4H3,(H2,20,21,22);1H. The quantitative estimate of drug-likeness (QED) is 0.378. The lowest BCUT2D eigenvalue weighted by Crippen LogP contribution is -2.46. The minimum atomic E-state index is 0. The van der Waals surface area contributed by atoms with E-state index in [0.29, 0.717) is 18.5 Å². The van der Waals surface area contributed by atoms with Crippen molar-refractivity contribution in [2.75, 3.05) is 27.7 Å². The highest BCUT2D eigenvalue weighted by Crippen LogP contribution is 2.18. The van der Waals surface area contributed by atoms with Gasteiger partial charge in [0.1, 0.15) is 5.75 Å². The van der Waals surface area contributed by atoms with Gasteiger partial charge in [-0.15, -0.1) is 24.0 Å². The molecule has 0 unspecified atom stereocenters. The van der Waals surface area contributed by atoms with Crippen LogP contribution < -0.4 is 15.4 Å². The summed E-state index contributed by atoms with van der Waals surface area (Å²) < 4.78 is 5.33. The second kappa shape index (κ2) is 11.3. The van der Waals surface area contributed by atoms with Crippen molar-refractivity contribution in [1.82, 2.24) is 15.5 Å². The number of aliphatic imine (C=N–C) groups is 1. The Labute approximate surface area is 173 Å². The molecule has 1 fully saturated rings. The fraction of sp³-hybridized carbons (Fsp3) is 0.579. The first-order valence-corrected chi connectivity index (χ1v) is 8.87. The van der Waals surface area contributed by atoms with Gasteiger partial charge in [0.05, 0.1) is 20.2 Å². The molecule has 0 aliphatic heterocycles. The maximum absolute atomic E-state index is 11.9. The molecule has 0 atom stereocenters. The third-order valence-corrected chi connectivity index (χ3v) is 4.37. The van der Waals surface area contributed by atoms with Crippen LogP contribution in [0.25, 0.3) is 0 Å². The Morgan fingerprint density at radius 2 is 1.96 bits per heavy atom. The van der Waals surface area contributed by atoms with Gasteiger partial charge in [0, 0.05) is 20.1 Å². The second-order valence-corrected chi connectivity index (χ2v) is 6.79. The molecule has 146 valence electrons. The average molecular weight is 474 g/mol. The number of aryl methyl sites for hydroxylation is 1. The van der Waals surface area contributed by atoms with Crippen LogP contribution in [0.3, 0.4) is 0 Å². The zero-order valence-electron chi connectivity index (χ0n) is 16.2. The van der Waals surface area contributed by atoms with Crippen LogP contribution in [-0.2, 0) is 11.3 Å². The van der Waals surface area contributed by atoms with Gasteiger partial charge in [-0.2, -0.15) is 0 Å². The first-order chi connectivity index (χ1) is 12.0. The van der Waals surface area contributed by atoms with Gasteiger partial charge in [-0.05, 0) is 43.0 Å². The third kappa shape index (κ3) is 7.39. The zero-order valence-corrected chi connectivity index (χ0v) is 18.5. The van der Waals surface area contributed by atoms with Crippen molar-refractivity contribution >= 4 is 35.8 Å². The number of hydrogen-bond acceptors (Lipinski definition) is 3. The topological polar surface area (TPSA) is 66.0 Å². The van der Waals surface area contributed by atoms with Crippen molar-refractivity contribution in [2.45, 2.75) is 45.2 Å². The van der Waals surface area contributed by atoms with Gasteiger partial charge in [-0.3, -0.25) is 4.79 Å². The third-order valence-electron chi connectivity index (χ3n) is 4.37. The molecule has 0 spiro atoms. The first-order valence-electron chi connectivity index (χ1n) is 8.87. The smallest absolute Gasteiger partial charge is 0.241 e. The maximum Gasteiger partial charge on any atom is 0.241 e. The number of hydrogen-bond donors (Lipinski definition) is 2. The Morgan fingerprint density at radius 1 is 1.27 bits per heavy atom. The maximum atomic E-state index is 11.9. The van der Waals surface area contributed by atoms with Crippen LogP contribution in [0, 0.1) is 6.92 Å². The van der Waals surface area contributed by atoms with E-state index in [4.69, 9.17) is 4.74 Å². The SMILES string of the molecule is COc1cc(C)cc(CN=C(NCC(=O)N(C)C)NC2CCCC2)c1.I. The van der Waals surface area contributed by atoms with E-state index >= 15 is 0 Å². The Hall–Kier alpha value is -1.51. The molecule has 0 radical (unpaired) electrons. The number of guanidine groups is 1. The van der Waals surface area contributed by atoms with E-state index in [1.807, 2.05) is 19.1 Å². The molecule has 7 heteroatoms. The summed E-state index contributed by atoms with van der Waals surface area (Å²) in [7, 11) is 5.18. The highest BCUT2D eigenvalue weighted by atomic mass is 127. The van der Waals surface area contributed by atoms with E-state index in [9.17, 15) is 4.79 Å². The molecule has 6 nitrogen and oxygen atoms in total. The van der Waals surface area contributed by atoms with Gasteiger partial charge in [0.2, 0.25) is 5.91 Å². The van der Waals surface area contributed by atoms with Crippen LogP contribution >= 0.6 is 24.0 Å². The van der Waals surface area contributed by atoms with E-state index in [2.05, 4.69) is 21.7 Å². The molecule has 0 heterocycles. The van der Waals surface area contributed by atoms with Crippen molar-refractivity contribution in [3.8, 4) is 5.75 Å². The number of nitrogens with zero attached hydrogens (tertiary/aromatic N) is 2. The Balaban J connectivity index is 0.00000338. The van der Waals surface area contributed by atoms with Crippen molar-refractivity contribution in [2.24, 2.45) is 4.99 Å². The fourth-order valence-electron chi connectivity index (χ4n) is 2.94. The normalized spacial score (nSPS) is 14.5. The van der Waals surface area contributed by atoms with E-state index in [1.165, 1.54) is 12.8 Å². The van der Waals surface area contributed by atoms with Gasteiger partial charge in [-0.25, -0.2) is 4.99 Å². The number of carbonyl (C=O) groups excluding carboxylic acids is 1. The molecule has 1 aliphatic rings. The summed E-state index contributed by atoms with van der Waals surface area (Å²) in [6.07, 6.45) is 4.80. The van der Waals surface area contributed by atoms with Gasteiger partial charge in [-0.1, -0.05) is 18.9 Å². The summed E-state index contributed by atoms with van der Waals surface area (Å²) in [4.78, 5) is 18.1. The van der Waals surface area contributed by atoms with E-state index in [0.717, 1.165) is 29.7 Å². The van der Waals surface area contributed by atoms with Crippen molar-refractivity contribution < 1.29 is 9.53 Å². The lowest BCUT2D eigenvalue weighted by atomic mass is 10.1. The molecule has 0 aromatic heterocycles. The summed E-state index contributed by atoms with van der Waals surface area (Å²) >= 11 is 0. The van der Waals surface area contributed by atoms with E-state index in [-0.39, 0.29) is 36.4 Å². The molecule has 1 saturated carbocycles. The van der Waals surface area contributed by atoms with E-state index in [1.54, 1.807) is 26.1 Å². The number of halogens is 1. The number of carbonyl (C=O) groups is 1. The van der Waals surface area contributed by atoms with E-state index < -0.39 is 0 Å². The van der Waals surface area contributed by atoms with Crippen LogP contribution in [0.4, 0.5) is 0 Å². The van der Waals surface area contributed by atoms with Crippen molar-refractivity contribution in [3.63, 3.8) is 0 Å². The average Bonchev–Trinajstić information content (AvgIpc) is 3.09. The summed E-state index contributed by atoms with van der Waals surface area (Å²) in [5.74, 6) is 1.56. The Kier molecular flexibility index (Phi) is 9.75. The first kappa shape index (κ1) is 22.5. The van der Waals surface area contributed by atoms with Gasteiger partial charge in [0.15, 0.2) is 5.96 Å². The number of methoxy groups -OCH3 is 1. The van der Waals surface area contributed by atoms with Gasteiger partial charge < -0.3 is 20.3 Å². The lowest BCUT2D eigenvalue weighted by molar-refractivity contribution is -0.127. The van der Waals surface area contributed by atoms with Gasteiger partial charge in [0.25, 0.3) is 0 Å². The summed E-state index contributed by atoms with van der Waals surface area (Å²) in [5, 5.41) is 6.62. The lowest BCUT2D eigenvalue weighted by Gasteiger charge is -2.18. The monoisotopic (exact) mass is 474 g/mol. The molecule has 1 aromatic carbocycles. The summed E-state index contributed by atoms with van der Waals surface area (Å²) in [6, 6.07) is 6.53. The van der Waals surface area contributed by atoms with Crippen LogP contribution in [0.2, 0.25) is 0 Å². The number of benzene rings is 1. The minimum absolute atomic E-state index is 0. The van der Waals surface area contributed by atoms with Gasteiger partial charge >= 0.3 is 0 Å². The molecule has 2 rings (SSSR count). The number of nitrogens with one attached hydrogen (secondary N) is 2. The van der Waals surface area contributed by atoms with Crippen LogP contribution in [0.1, 0.15) is 36.8 Å².